The maximum Gasteiger partial charge on any atom is 0.265 e. The lowest BCUT2D eigenvalue weighted by Gasteiger charge is -2.06. The molecule has 122 valence electrons. The Hall–Kier alpha value is -2.44. The number of ether oxygens (including phenoxy) is 1. The van der Waals surface area contributed by atoms with Crippen molar-refractivity contribution in [1.29, 1.82) is 0 Å². The Bertz CT molecular complexity index is 832. The van der Waals surface area contributed by atoms with Gasteiger partial charge in [-0.15, -0.1) is 5.10 Å². The monoisotopic (exact) mass is 359 g/mol. The summed E-state index contributed by atoms with van der Waals surface area (Å²) < 4.78 is 9.05. The minimum absolute atomic E-state index is 0.203. The van der Waals surface area contributed by atoms with Crippen LogP contribution in [0.2, 0.25) is 5.02 Å². The van der Waals surface area contributed by atoms with Crippen molar-refractivity contribution < 1.29 is 9.53 Å². The summed E-state index contributed by atoms with van der Waals surface area (Å²) in [6.07, 6.45) is 0. The standard InChI is InChI=1S/C17H14ClN3O2S/c1-23-14-8-4-12(5-9-14)15-16(24-21-20-15)17(22)19-10-11-2-6-13(18)7-3-11/h2-9H,10H2,1H3,(H,19,22). The number of nitrogens with zero attached hydrogens (tertiary/aromatic N) is 2. The van der Waals surface area contributed by atoms with Crippen LogP contribution in [0.25, 0.3) is 11.3 Å². The van der Waals surface area contributed by atoms with E-state index < -0.39 is 0 Å². The van der Waals surface area contributed by atoms with E-state index in [1.54, 1.807) is 19.2 Å². The van der Waals surface area contributed by atoms with Gasteiger partial charge in [0.1, 0.15) is 16.3 Å². The lowest BCUT2D eigenvalue weighted by Crippen LogP contribution is -2.22. The number of hydrogen-bond donors (Lipinski definition) is 1. The highest BCUT2D eigenvalue weighted by Crippen LogP contribution is 2.25. The zero-order valence-electron chi connectivity index (χ0n) is 12.8. The number of rotatable bonds is 5. The Morgan fingerprint density at radius 3 is 2.54 bits per heavy atom. The van der Waals surface area contributed by atoms with Crippen LogP contribution in [-0.4, -0.2) is 22.6 Å². The predicted molar refractivity (Wildman–Crippen MR) is 94.5 cm³/mol. The summed E-state index contributed by atoms with van der Waals surface area (Å²) in [7, 11) is 1.61. The van der Waals surface area contributed by atoms with E-state index in [1.807, 2.05) is 36.4 Å². The number of amides is 1. The Morgan fingerprint density at radius 2 is 1.88 bits per heavy atom. The van der Waals surface area contributed by atoms with E-state index in [0.29, 0.717) is 22.1 Å². The van der Waals surface area contributed by atoms with Gasteiger partial charge in [0.25, 0.3) is 5.91 Å². The van der Waals surface area contributed by atoms with E-state index in [2.05, 4.69) is 14.9 Å². The highest BCUT2D eigenvalue weighted by molar-refractivity contribution is 7.08. The van der Waals surface area contributed by atoms with Crippen LogP contribution in [0, 0.1) is 0 Å². The molecule has 0 unspecified atom stereocenters. The van der Waals surface area contributed by atoms with Crippen LogP contribution >= 0.6 is 23.1 Å². The number of carbonyl (C=O) groups excluding carboxylic acids is 1. The summed E-state index contributed by atoms with van der Waals surface area (Å²) in [5.74, 6) is 0.543. The molecule has 0 aliphatic carbocycles. The molecule has 0 atom stereocenters. The highest BCUT2D eigenvalue weighted by Gasteiger charge is 2.17. The first kappa shape index (κ1) is 16.4. The summed E-state index contributed by atoms with van der Waals surface area (Å²) in [6.45, 7) is 0.413. The molecular weight excluding hydrogens is 346 g/mol. The molecule has 0 fully saturated rings. The summed E-state index contributed by atoms with van der Waals surface area (Å²) in [5, 5.41) is 7.62. The van der Waals surface area contributed by atoms with Gasteiger partial charge < -0.3 is 10.1 Å². The minimum Gasteiger partial charge on any atom is -0.497 e. The molecule has 1 heterocycles. The summed E-state index contributed by atoms with van der Waals surface area (Å²) in [6, 6.07) is 14.7. The molecule has 7 heteroatoms. The number of nitrogens with one attached hydrogen (secondary N) is 1. The molecule has 24 heavy (non-hydrogen) atoms. The highest BCUT2D eigenvalue weighted by atomic mass is 35.5. The zero-order chi connectivity index (χ0) is 16.9. The third-order valence-electron chi connectivity index (χ3n) is 3.42. The van der Waals surface area contributed by atoms with Crippen molar-refractivity contribution in [3.05, 3.63) is 64.0 Å². The van der Waals surface area contributed by atoms with Crippen molar-refractivity contribution in [2.24, 2.45) is 0 Å². The van der Waals surface area contributed by atoms with Crippen LogP contribution in [0.1, 0.15) is 15.2 Å². The fourth-order valence-corrected chi connectivity index (χ4v) is 2.87. The molecule has 0 bridgehead atoms. The Labute approximate surface area is 148 Å². The van der Waals surface area contributed by atoms with Gasteiger partial charge >= 0.3 is 0 Å². The topological polar surface area (TPSA) is 64.1 Å². The molecule has 3 aromatic rings. The van der Waals surface area contributed by atoms with Gasteiger partial charge in [-0.2, -0.15) is 0 Å². The largest absolute Gasteiger partial charge is 0.497 e. The first-order chi connectivity index (χ1) is 11.7. The van der Waals surface area contributed by atoms with Crippen LogP contribution in [0.3, 0.4) is 0 Å². The number of hydrogen-bond acceptors (Lipinski definition) is 5. The molecule has 0 saturated carbocycles. The van der Waals surface area contributed by atoms with E-state index in [0.717, 1.165) is 28.4 Å². The molecule has 1 amide bonds. The molecule has 0 saturated heterocycles. The second kappa shape index (κ2) is 7.42. The second-order valence-electron chi connectivity index (χ2n) is 4.99. The molecule has 3 rings (SSSR count). The smallest absolute Gasteiger partial charge is 0.265 e. The van der Waals surface area contributed by atoms with Gasteiger partial charge in [-0.25, -0.2) is 0 Å². The van der Waals surface area contributed by atoms with Crippen LogP contribution in [0.4, 0.5) is 0 Å². The van der Waals surface area contributed by atoms with E-state index in [4.69, 9.17) is 16.3 Å². The lowest BCUT2D eigenvalue weighted by atomic mass is 10.1. The van der Waals surface area contributed by atoms with E-state index in [-0.39, 0.29) is 5.91 Å². The molecule has 0 aliphatic rings. The molecule has 0 aliphatic heterocycles. The summed E-state index contributed by atoms with van der Waals surface area (Å²) >= 11 is 6.93. The number of aromatic nitrogens is 2. The third kappa shape index (κ3) is 3.72. The SMILES string of the molecule is COc1ccc(-c2nnsc2C(=O)NCc2ccc(Cl)cc2)cc1. The first-order valence-corrected chi connectivity index (χ1v) is 8.32. The quantitative estimate of drug-likeness (QED) is 0.752. The van der Waals surface area contributed by atoms with Gasteiger partial charge in [-0.05, 0) is 53.5 Å². The maximum absolute atomic E-state index is 12.4. The fraction of sp³-hybridized carbons (Fsp3) is 0.118. The van der Waals surface area contributed by atoms with Crippen LogP contribution in [-0.2, 0) is 6.54 Å². The van der Waals surface area contributed by atoms with Crippen molar-refractivity contribution >= 4 is 29.0 Å². The van der Waals surface area contributed by atoms with Gasteiger partial charge in [-0.3, -0.25) is 4.79 Å². The number of methoxy groups -OCH3 is 1. The average molecular weight is 360 g/mol. The average Bonchev–Trinajstić information content (AvgIpc) is 3.11. The van der Waals surface area contributed by atoms with Gasteiger partial charge in [0.15, 0.2) is 0 Å². The minimum atomic E-state index is -0.203. The normalized spacial score (nSPS) is 10.4. The van der Waals surface area contributed by atoms with Crippen molar-refractivity contribution in [2.45, 2.75) is 6.54 Å². The molecule has 5 nitrogen and oxygen atoms in total. The Kier molecular flexibility index (Phi) is 5.08. The van der Waals surface area contributed by atoms with Crippen LogP contribution in [0.15, 0.2) is 48.5 Å². The first-order valence-electron chi connectivity index (χ1n) is 7.17. The Balaban J connectivity index is 1.73. The number of carbonyl (C=O) groups is 1. The van der Waals surface area contributed by atoms with Crippen LogP contribution < -0.4 is 10.1 Å². The second-order valence-corrected chi connectivity index (χ2v) is 6.18. The molecule has 1 N–H and O–H groups in total. The lowest BCUT2D eigenvalue weighted by molar-refractivity contribution is 0.0955. The van der Waals surface area contributed by atoms with Gasteiger partial charge in [0.2, 0.25) is 0 Å². The maximum atomic E-state index is 12.4. The van der Waals surface area contributed by atoms with Crippen LogP contribution in [0.5, 0.6) is 5.75 Å². The molecule has 0 spiro atoms. The van der Waals surface area contributed by atoms with Gasteiger partial charge in [0.05, 0.1) is 7.11 Å². The predicted octanol–water partition coefficient (Wildman–Crippen LogP) is 3.80. The number of benzene rings is 2. The molecule has 0 radical (unpaired) electrons. The Morgan fingerprint density at radius 1 is 1.17 bits per heavy atom. The van der Waals surface area contributed by atoms with Crippen molar-refractivity contribution in [3.63, 3.8) is 0 Å². The van der Waals surface area contributed by atoms with Gasteiger partial charge in [0, 0.05) is 17.1 Å². The van der Waals surface area contributed by atoms with Crippen molar-refractivity contribution in [2.75, 3.05) is 7.11 Å². The van der Waals surface area contributed by atoms with Crippen molar-refractivity contribution in [3.8, 4) is 17.0 Å². The van der Waals surface area contributed by atoms with E-state index >= 15 is 0 Å². The van der Waals surface area contributed by atoms with E-state index in [1.165, 1.54) is 0 Å². The molecule has 2 aromatic carbocycles. The summed E-state index contributed by atoms with van der Waals surface area (Å²) in [4.78, 5) is 12.9. The van der Waals surface area contributed by atoms with Crippen molar-refractivity contribution in [1.82, 2.24) is 14.9 Å². The zero-order valence-corrected chi connectivity index (χ0v) is 14.4. The molecular formula is C17H14ClN3O2S. The third-order valence-corrected chi connectivity index (χ3v) is 4.40. The van der Waals surface area contributed by atoms with Gasteiger partial charge in [-0.1, -0.05) is 28.2 Å². The number of halogens is 1. The summed E-state index contributed by atoms with van der Waals surface area (Å²) in [5.41, 5.74) is 2.36. The fourth-order valence-electron chi connectivity index (χ4n) is 2.14. The molecule has 1 aromatic heterocycles. The van der Waals surface area contributed by atoms with E-state index in [9.17, 15) is 4.79 Å².